The highest BCUT2D eigenvalue weighted by molar-refractivity contribution is 5.99. The minimum atomic E-state index is -1.71. The lowest BCUT2D eigenvalue weighted by molar-refractivity contribution is -0.142. The van der Waals surface area contributed by atoms with Gasteiger partial charge in [0.1, 0.15) is 60.1 Å². The molecule has 20 N–H and O–H groups in total. The first-order valence-corrected chi connectivity index (χ1v) is 38.6. The Hall–Kier alpha value is -10.4. The molecule has 2 aliphatic rings. The van der Waals surface area contributed by atoms with Crippen molar-refractivity contribution in [3.8, 4) is 5.75 Å². The minimum Gasteiger partial charge on any atom is -0.508 e. The quantitative estimate of drug-likeness (QED) is 0.0131. The number of aromatic amines is 2. The molecule has 6 rings (SSSR count). The van der Waals surface area contributed by atoms with E-state index in [1.54, 1.807) is 24.4 Å². The summed E-state index contributed by atoms with van der Waals surface area (Å²) in [5.41, 5.74) is 18.7. The molecule has 0 aliphatic carbocycles. The Balaban J connectivity index is 1.15. The second-order valence-corrected chi connectivity index (χ2v) is 28.6. The normalized spacial score (nSPS) is 16.0. The van der Waals surface area contributed by atoms with Crippen molar-refractivity contribution in [3.05, 3.63) is 96.2 Å². The van der Waals surface area contributed by atoms with Crippen LogP contribution in [0.4, 0.5) is 0 Å². The van der Waals surface area contributed by atoms with Gasteiger partial charge in [-0.2, -0.15) is 0 Å². The number of allylic oxidation sites excluding steroid dienone is 2. The highest BCUT2D eigenvalue weighted by atomic mass is 16.3. The number of hydrogen-bond donors (Lipinski definition) is 17. The SMILES string of the molecule is CCCCCCCC/C=C/CCCCCCCC(=O)N[C@H](CCCCNC(=O)[C@H](Cc1ccc(O)cc1)NC(=O)[C@H](CO)NC(=O)[C@H](Cc1c[nH]c2ccccc12)NC(=O)[C@H](Cc1cnc[nH]1)NC(=O)[C@@H]1CCC(=O)N1)C(=O)N[C@@H](CC(C)C)C(=O)N[C@@H](CCCN=C(N)N)C(=O)N1CCC[C@H]1C(=O)NCC(N)=O. The average Bonchev–Trinajstić information content (AvgIpc) is 1.82. The number of aliphatic imine (C=N–C) groups is 1. The fraction of sp³-hybridized carbons (Fsp3) is 0.584. The molecule has 2 aliphatic heterocycles. The number of carbonyl (C=O) groups excluding carboxylic acids is 12. The van der Waals surface area contributed by atoms with Crippen LogP contribution in [0.3, 0.4) is 0 Å². The van der Waals surface area contributed by atoms with Gasteiger partial charge in [-0.05, 0) is 125 Å². The second kappa shape index (κ2) is 47.4. The molecule has 2 aromatic heterocycles. The smallest absolute Gasteiger partial charge is 0.245 e. The van der Waals surface area contributed by atoms with Crippen molar-refractivity contribution < 1.29 is 67.7 Å². The van der Waals surface area contributed by atoms with Gasteiger partial charge in [-0.25, -0.2) is 4.98 Å². The van der Waals surface area contributed by atoms with E-state index in [2.05, 4.69) is 92.2 Å². The van der Waals surface area contributed by atoms with Gasteiger partial charge in [0.05, 0.1) is 19.5 Å². The van der Waals surface area contributed by atoms with Gasteiger partial charge in [-0.15, -0.1) is 0 Å². The number of aromatic nitrogens is 3. The van der Waals surface area contributed by atoms with E-state index in [-0.39, 0.29) is 127 Å². The van der Waals surface area contributed by atoms with Gasteiger partial charge in [0.15, 0.2) is 5.96 Å². The van der Waals surface area contributed by atoms with Gasteiger partial charge >= 0.3 is 0 Å². The van der Waals surface area contributed by atoms with E-state index < -0.39 is 133 Å². The maximum Gasteiger partial charge on any atom is 0.245 e. The molecule has 0 bridgehead atoms. The summed E-state index contributed by atoms with van der Waals surface area (Å²) < 4.78 is 0. The lowest BCUT2D eigenvalue weighted by Gasteiger charge is -2.30. The zero-order chi connectivity index (χ0) is 79.0. The fourth-order valence-electron chi connectivity index (χ4n) is 13.2. The molecule has 4 aromatic rings. The molecule has 109 heavy (non-hydrogen) atoms. The summed E-state index contributed by atoms with van der Waals surface area (Å²) in [7, 11) is 0. The van der Waals surface area contributed by atoms with Crippen molar-refractivity contribution in [1.82, 2.24) is 73.0 Å². The Bertz CT molecular complexity index is 3650. The van der Waals surface area contributed by atoms with Crippen molar-refractivity contribution in [2.24, 2.45) is 28.1 Å². The maximum absolute atomic E-state index is 14.7. The number of unbranched alkanes of at least 4 members (excludes halogenated alkanes) is 12. The third-order valence-electron chi connectivity index (χ3n) is 19.2. The number of aliphatic hydroxyl groups excluding tert-OH is 1. The zero-order valence-electron chi connectivity index (χ0n) is 63.3. The molecule has 2 fully saturated rings. The van der Waals surface area contributed by atoms with Crippen LogP contribution in [0, 0.1) is 5.92 Å². The summed E-state index contributed by atoms with van der Waals surface area (Å²) >= 11 is 0. The Labute approximate surface area is 637 Å². The number of nitrogens with two attached hydrogens (primary N) is 3. The Morgan fingerprint density at radius 2 is 1.25 bits per heavy atom. The number of benzene rings is 2. The molecule has 4 heterocycles. The molecule has 2 aromatic carbocycles. The number of primary amides is 1. The van der Waals surface area contributed by atoms with Gasteiger partial charge < -0.3 is 95.4 Å². The van der Waals surface area contributed by atoms with Crippen LogP contribution in [0.15, 0.2) is 84.4 Å². The summed E-state index contributed by atoms with van der Waals surface area (Å²) in [6, 6.07) is 1.81. The number of nitrogens with one attached hydrogen (secondary N) is 12. The third kappa shape index (κ3) is 31.4. The molecule has 32 heteroatoms. The van der Waals surface area contributed by atoms with Crippen molar-refractivity contribution in [3.63, 3.8) is 0 Å². The van der Waals surface area contributed by atoms with Crippen LogP contribution in [0.5, 0.6) is 5.75 Å². The van der Waals surface area contributed by atoms with Gasteiger partial charge in [0.2, 0.25) is 70.9 Å². The molecule has 9 atom stereocenters. The topological polar surface area (TPSA) is 504 Å². The summed E-state index contributed by atoms with van der Waals surface area (Å²) in [6.45, 7) is 4.75. The van der Waals surface area contributed by atoms with Crippen molar-refractivity contribution >= 4 is 87.7 Å². The predicted molar refractivity (Wildman–Crippen MR) is 410 cm³/mol. The van der Waals surface area contributed by atoms with E-state index in [4.69, 9.17) is 17.2 Å². The van der Waals surface area contributed by atoms with Crippen molar-refractivity contribution in [1.29, 1.82) is 0 Å². The number of rotatable bonds is 51. The van der Waals surface area contributed by atoms with E-state index in [0.717, 1.165) is 49.4 Å². The Kier molecular flexibility index (Phi) is 38.1. The number of para-hydroxylation sites is 1. The van der Waals surface area contributed by atoms with Crippen molar-refractivity contribution in [2.45, 2.75) is 249 Å². The van der Waals surface area contributed by atoms with Crippen LogP contribution in [-0.4, -0.2) is 194 Å². The number of nitrogens with zero attached hydrogens (tertiary/aromatic N) is 3. The molecule has 0 spiro atoms. The van der Waals surface area contributed by atoms with E-state index in [9.17, 15) is 67.7 Å². The number of aliphatic hydroxyl groups is 1. The first-order valence-electron chi connectivity index (χ1n) is 38.6. The summed E-state index contributed by atoms with van der Waals surface area (Å²) in [5.74, 6) is -8.50. The largest absolute Gasteiger partial charge is 0.508 e. The van der Waals surface area contributed by atoms with E-state index >= 15 is 0 Å². The predicted octanol–water partition coefficient (Wildman–Crippen LogP) is 2.31. The number of phenols is 1. The number of guanidine groups is 1. The van der Waals surface area contributed by atoms with E-state index in [0.29, 0.717) is 29.7 Å². The van der Waals surface area contributed by atoms with Gasteiger partial charge in [0.25, 0.3) is 0 Å². The standard InChI is InChI=1S/C77H116N18O14/c1-4-5-6-7-8-9-10-11-12-13-14-15-16-17-18-30-66(99)87-56(69(102)90-59(40-49(2)3)71(104)89-58(28-23-38-83-77(79)80)76(109)95-39-24-29-64(95)75(108)85-46-65(78)98)27-21-22-37-82-68(101)60(41-50-31-33-53(97)34-32-50)91-74(107)63(47-96)94-72(105)61(42-51-44-84-55-26-20-19-25-54(51)55)92-73(106)62(43-52-45-81-48-86-52)93-70(103)57-35-36-67(100)88-57/h11-12,19-20,25-26,31-34,44-45,48-49,56-64,84,96-97H,4-10,13-18,21-24,27-30,35-43,46-47H2,1-3H3,(H2,78,98)(H,81,86)(H,82,101)(H,85,108)(H,87,99)(H,88,100)(H,89,104)(H,90,102)(H,91,107)(H,92,106)(H,93,103)(H,94,105)(H4,79,80,83)/b12-11+/t56-,57+,58+,59+,60+,61+,62+,63+,64+/m1/s1. The Morgan fingerprint density at radius 3 is 1.90 bits per heavy atom. The van der Waals surface area contributed by atoms with Crippen LogP contribution in [0.25, 0.3) is 10.9 Å². The van der Waals surface area contributed by atoms with Crippen LogP contribution in [0.1, 0.15) is 192 Å². The molecular formula is C77H116N18O14. The van der Waals surface area contributed by atoms with Gasteiger partial charge in [-0.3, -0.25) is 62.5 Å². The number of amides is 12. The number of fused-ring (bicyclic) bond motifs is 1. The van der Waals surface area contributed by atoms with Crippen LogP contribution < -0.4 is 70.4 Å². The minimum absolute atomic E-state index is 0.0217. The van der Waals surface area contributed by atoms with Gasteiger partial charge in [-0.1, -0.05) is 115 Å². The number of H-pyrrole nitrogens is 2. The maximum atomic E-state index is 14.7. The molecule has 598 valence electrons. The second-order valence-electron chi connectivity index (χ2n) is 28.6. The molecular weight excluding hydrogens is 1400 g/mol. The third-order valence-corrected chi connectivity index (χ3v) is 19.2. The molecule has 2 saturated heterocycles. The average molecular weight is 1520 g/mol. The molecule has 32 nitrogen and oxygen atoms in total. The Morgan fingerprint density at radius 1 is 0.633 bits per heavy atom. The van der Waals surface area contributed by atoms with Crippen LogP contribution in [0.2, 0.25) is 0 Å². The van der Waals surface area contributed by atoms with E-state index in [1.807, 2.05) is 32.0 Å². The highest BCUT2D eigenvalue weighted by Gasteiger charge is 2.40. The molecule has 12 amide bonds. The van der Waals surface area contributed by atoms with Crippen molar-refractivity contribution in [2.75, 3.05) is 32.8 Å². The summed E-state index contributed by atoms with van der Waals surface area (Å²) in [6.07, 6.45) is 24.5. The molecule has 0 saturated carbocycles. The monoisotopic (exact) mass is 1520 g/mol. The molecule has 0 unspecified atom stereocenters. The van der Waals surface area contributed by atoms with Gasteiger partial charge in [0, 0.05) is 80.7 Å². The first kappa shape index (κ1) is 87.5. The summed E-state index contributed by atoms with van der Waals surface area (Å²) in [5, 5.41) is 48.8. The molecule has 0 radical (unpaired) electrons. The van der Waals surface area contributed by atoms with Crippen LogP contribution in [-0.2, 0) is 76.8 Å². The fourth-order valence-corrected chi connectivity index (χ4v) is 13.2. The number of hydrogen-bond acceptors (Lipinski definition) is 16. The van der Waals surface area contributed by atoms with E-state index in [1.165, 1.54) is 68.1 Å². The zero-order valence-corrected chi connectivity index (χ0v) is 63.3. The number of phenolic OH excluding ortho intramolecular Hbond substituents is 1. The lowest BCUT2D eigenvalue weighted by atomic mass is 10.0. The number of likely N-dealkylation sites (tertiary alicyclic amines) is 1. The number of aromatic hydroxyl groups is 1. The number of imidazole rings is 1. The highest BCUT2D eigenvalue weighted by Crippen LogP contribution is 2.23. The summed E-state index contributed by atoms with van der Waals surface area (Å²) in [4.78, 5) is 181. The van der Waals surface area contributed by atoms with Crippen LogP contribution >= 0.6 is 0 Å². The first-order chi connectivity index (χ1) is 52.4. The number of carbonyl (C=O) groups is 12. The lowest BCUT2D eigenvalue weighted by Crippen LogP contribution is -2.60.